The Labute approximate surface area is 94.5 Å². The van der Waals surface area contributed by atoms with Crippen LogP contribution in [0.2, 0.25) is 0 Å². The molecule has 2 rings (SSSR count). The number of aromatic nitrogens is 3. The van der Waals surface area contributed by atoms with Crippen LogP contribution in [0.15, 0.2) is 0 Å². The van der Waals surface area contributed by atoms with Gasteiger partial charge in [0.25, 0.3) is 0 Å². The molecule has 1 aliphatic carbocycles. The van der Waals surface area contributed by atoms with Gasteiger partial charge in [0.2, 0.25) is 0 Å². The molecule has 1 fully saturated rings. The maximum atomic E-state index is 10.3. The number of aliphatic carboxylic acids is 1. The molecule has 0 unspecified atom stereocenters. The number of unbranched alkanes of at least 4 members (excludes halogenated alkanes) is 1. The van der Waals surface area contributed by atoms with Crippen molar-refractivity contribution in [3.05, 3.63) is 11.6 Å². The van der Waals surface area contributed by atoms with Crippen LogP contribution in [-0.2, 0) is 18.3 Å². The average Bonchev–Trinajstić information content (AvgIpc) is 2.99. The highest BCUT2D eigenvalue weighted by molar-refractivity contribution is 5.66. The lowest BCUT2D eigenvalue weighted by molar-refractivity contribution is -0.137. The van der Waals surface area contributed by atoms with E-state index in [1.165, 1.54) is 12.8 Å². The predicted octanol–water partition coefficient (Wildman–Crippen LogP) is 1.49. The minimum absolute atomic E-state index is 0.243. The number of rotatable bonds is 6. The van der Waals surface area contributed by atoms with Crippen molar-refractivity contribution in [3.8, 4) is 0 Å². The van der Waals surface area contributed by atoms with Gasteiger partial charge in [0.15, 0.2) is 5.82 Å². The number of nitrogens with zero attached hydrogens (tertiary/aromatic N) is 3. The monoisotopic (exact) mass is 223 g/mol. The van der Waals surface area contributed by atoms with Gasteiger partial charge >= 0.3 is 5.97 Å². The number of hydrogen-bond acceptors (Lipinski definition) is 3. The first kappa shape index (κ1) is 11.1. The van der Waals surface area contributed by atoms with Crippen molar-refractivity contribution in [2.75, 3.05) is 0 Å². The molecule has 0 spiro atoms. The third-order valence-corrected chi connectivity index (χ3v) is 2.85. The van der Waals surface area contributed by atoms with Crippen LogP contribution < -0.4 is 0 Å². The van der Waals surface area contributed by atoms with Gasteiger partial charge in [-0.1, -0.05) is 0 Å². The van der Waals surface area contributed by atoms with Crippen molar-refractivity contribution in [2.45, 2.75) is 44.4 Å². The van der Waals surface area contributed by atoms with Gasteiger partial charge in [-0.15, -0.1) is 0 Å². The van der Waals surface area contributed by atoms with Gasteiger partial charge in [-0.25, -0.2) is 4.98 Å². The van der Waals surface area contributed by atoms with E-state index >= 15 is 0 Å². The van der Waals surface area contributed by atoms with E-state index in [9.17, 15) is 4.79 Å². The Hall–Kier alpha value is -1.39. The zero-order valence-corrected chi connectivity index (χ0v) is 9.52. The molecule has 0 amide bonds. The summed E-state index contributed by atoms with van der Waals surface area (Å²) in [5.41, 5.74) is 0. The average molecular weight is 223 g/mol. The second kappa shape index (κ2) is 4.63. The predicted molar refractivity (Wildman–Crippen MR) is 58.2 cm³/mol. The lowest BCUT2D eigenvalue weighted by Gasteiger charge is -1.98. The first-order chi connectivity index (χ1) is 7.66. The summed E-state index contributed by atoms with van der Waals surface area (Å²) in [4.78, 5) is 14.8. The normalized spacial score (nSPS) is 15.3. The third kappa shape index (κ3) is 2.81. The van der Waals surface area contributed by atoms with E-state index in [0.29, 0.717) is 12.3 Å². The number of aryl methyl sites for hydroxylation is 2. The molecular weight excluding hydrogens is 206 g/mol. The van der Waals surface area contributed by atoms with Crippen LogP contribution in [0.25, 0.3) is 0 Å². The Morgan fingerprint density at radius 2 is 2.25 bits per heavy atom. The lowest BCUT2D eigenvalue weighted by atomic mass is 10.2. The first-order valence-electron chi connectivity index (χ1n) is 5.78. The van der Waals surface area contributed by atoms with Crippen LogP contribution in [-0.4, -0.2) is 25.8 Å². The van der Waals surface area contributed by atoms with Crippen LogP contribution >= 0.6 is 0 Å². The maximum Gasteiger partial charge on any atom is 0.303 e. The molecule has 1 aromatic rings. The zero-order valence-electron chi connectivity index (χ0n) is 9.52. The summed E-state index contributed by atoms with van der Waals surface area (Å²) < 4.78 is 1.83. The molecule has 1 aliphatic rings. The molecule has 0 aromatic carbocycles. The van der Waals surface area contributed by atoms with Crippen molar-refractivity contribution >= 4 is 5.97 Å². The largest absolute Gasteiger partial charge is 0.481 e. The standard InChI is InChI=1S/C11H17N3O2/c1-14-9(4-2-3-5-10(15)16)12-11(13-14)8-6-7-8/h8H,2-7H2,1H3,(H,15,16). The topological polar surface area (TPSA) is 68.0 Å². The van der Waals surface area contributed by atoms with E-state index in [0.717, 1.165) is 24.5 Å². The molecule has 1 N–H and O–H groups in total. The molecule has 5 heteroatoms. The van der Waals surface area contributed by atoms with Crippen LogP contribution in [0, 0.1) is 0 Å². The Morgan fingerprint density at radius 1 is 1.50 bits per heavy atom. The Morgan fingerprint density at radius 3 is 2.88 bits per heavy atom. The van der Waals surface area contributed by atoms with Crippen molar-refractivity contribution in [2.24, 2.45) is 7.05 Å². The van der Waals surface area contributed by atoms with Crippen LogP contribution in [0.5, 0.6) is 0 Å². The highest BCUT2D eigenvalue weighted by Gasteiger charge is 2.28. The summed E-state index contributed by atoms with van der Waals surface area (Å²) in [6, 6.07) is 0. The van der Waals surface area contributed by atoms with E-state index in [4.69, 9.17) is 5.11 Å². The lowest BCUT2D eigenvalue weighted by Crippen LogP contribution is -2.00. The molecule has 0 aliphatic heterocycles. The van der Waals surface area contributed by atoms with Crippen LogP contribution in [0.4, 0.5) is 0 Å². The highest BCUT2D eigenvalue weighted by atomic mass is 16.4. The Bertz CT molecular complexity index is 383. The smallest absolute Gasteiger partial charge is 0.303 e. The van der Waals surface area contributed by atoms with Crippen molar-refractivity contribution in [1.82, 2.24) is 14.8 Å². The summed E-state index contributed by atoms with van der Waals surface area (Å²) >= 11 is 0. The number of carboxylic acids is 1. The molecule has 16 heavy (non-hydrogen) atoms. The van der Waals surface area contributed by atoms with Gasteiger partial charge in [0, 0.05) is 25.8 Å². The molecule has 0 bridgehead atoms. The van der Waals surface area contributed by atoms with Crippen molar-refractivity contribution < 1.29 is 9.90 Å². The van der Waals surface area contributed by atoms with Crippen molar-refractivity contribution in [3.63, 3.8) is 0 Å². The SMILES string of the molecule is Cn1nc(C2CC2)nc1CCCCC(=O)O. The Kier molecular flexibility index (Phi) is 3.22. The Balaban J connectivity index is 1.81. The molecule has 1 saturated carbocycles. The summed E-state index contributed by atoms with van der Waals surface area (Å²) in [5, 5.41) is 12.9. The van der Waals surface area contributed by atoms with Gasteiger partial charge in [-0.05, 0) is 25.7 Å². The molecule has 0 atom stereocenters. The fourth-order valence-corrected chi connectivity index (χ4v) is 1.73. The number of carbonyl (C=O) groups is 1. The number of hydrogen-bond donors (Lipinski definition) is 1. The molecule has 0 radical (unpaired) electrons. The molecule has 0 saturated heterocycles. The van der Waals surface area contributed by atoms with Crippen LogP contribution in [0.3, 0.4) is 0 Å². The molecular formula is C11H17N3O2. The third-order valence-electron chi connectivity index (χ3n) is 2.85. The van der Waals surface area contributed by atoms with Gasteiger partial charge in [0.1, 0.15) is 5.82 Å². The molecule has 1 heterocycles. The van der Waals surface area contributed by atoms with E-state index < -0.39 is 5.97 Å². The second-order valence-corrected chi connectivity index (χ2v) is 4.38. The minimum atomic E-state index is -0.725. The molecule has 5 nitrogen and oxygen atoms in total. The van der Waals surface area contributed by atoms with Gasteiger partial charge in [0.05, 0.1) is 0 Å². The van der Waals surface area contributed by atoms with E-state index in [1.54, 1.807) is 0 Å². The quantitative estimate of drug-likeness (QED) is 0.742. The first-order valence-corrected chi connectivity index (χ1v) is 5.78. The van der Waals surface area contributed by atoms with Gasteiger partial charge in [-0.2, -0.15) is 5.10 Å². The van der Waals surface area contributed by atoms with E-state index in [1.807, 2.05) is 11.7 Å². The summed E-state index contributed by atoms with van der Waals surface area (Å²) in [7, 11) is 1.91. The van der Waals surface area contributed by atoms with Gasteiger partial charge < -0.3 is 5.11 Å². The fourth-order valence-electron chi connectivity index (χ4n) is 1.73. The van der Waals surface area contributed by atoms with Gasteiger partial charge in [-0.3, -0.25) is 9.48 Å². The van der Waals surface area contributed by atoms with Crippen molar-refractivity contribution in [1.29, 1.82) is 0 Å². The van der Waals surface area contributed by atoms with E-state index in [2.05, 4.69) is 10.1 Å². The van der Waals surface area contributed by atoms with Crippen LogP contribution in [0.1, 0.15) is 49.7 Å². The summed E-state index contributed by atoms with van der Waals surface area (Å²) in [5.74, 6) is 1.80. The van der Waals surface area contributed by atoms with E-state index in [-0.39, 0.29) is 6.42 Å². The number of carboxylic acid groups (broad SMARTS) is 1. The summed E-state index contributed by atoms with van der Waals surface area (Å²) in [6.07, 6.45) is 5.06. The zero-order chi connectivity index (χ0) is 11.5. The molecule has 1 aromatic heterocycles. The maximum absolute atomic E-state index is 10.3. The molecule has 88 valence electrons. The fraction of sp³-hybridized carbons (Fsp3) is 0.727. The second-order valence-electron chi connectivity index (χ2n) is 4.38. The minimum Gasteiger partial charge on any atom is -0.481 e. The summed E-state index contributed by atoms with van der Waals surface area (Å²) in [6.45, 7) is 0. The highest BCUT2D eigenvalue weighted by Crippen LogP contribution is 2.38.